The topological polar surface area (TPSA) is 57.6 Å². The average Bonchev–Trinajstić information content (AvgIpc) is 2.05. The minimum atomic E-state index is -1.09. The van der Waals surface area contributed by atoms with Gasteiger partial charge >= 0.3 is 5.97 Å². The van der Waals surface area contributed by atoms with Gasteiger partial charge in [-0.05, 0) is 20.8 Å². The van der Waals surface area contributed by atoms with Gasteiger partial charge in [-0.25, -0.2) is 4.79 Å². The van der Waals surface area contributed by atoms with Crippen molar-refractivity contribution in [2.75, 3.05) is 13.1 Å². The van der Waals surface area contributed by atoms with Crippen molar-refractivity contribution in [3.05, 3.63) is 11.6 Å². The van der Waals surface area contributed by atoms with Gasteiger partial charge in [0.05, 0.1) is 0 Å². The molecule has 0 radical (unpaired) electrons. The molecule has 0 atom stereocenters. The summed E-state index contributed by atoms with van der Waals surface area (Å²) < 4.78 is 0. The molecule has 13 heavy (non-hydrogen) atoms. The molecule has 4 heteroatoms. The Hall–Kier alpha value is -1.32. The highest BCUT2D eigenvalue weighted by molar-refractivity contribution is 5.98. The van der Waals surface area contributed by atoms with Crippen molar-refractivity contribution in [1.29, 1.82) is 0 Å². The third-order valence-corrected chi connectivity index (χ3v) is 1.73. The van der Waals surface area contributed by atoms with Gasteiger partial charge in [-0.2, -0.15) is 0 Å². The van der Waals surface area contributed by atoms with E-state index in [1.165, 1.54) is 6.92 Å². The van der Waals surface area contributed by atoms with Crippen LogP contribution in [0.2, 0.25) is 0 Å². The largest absolute Gasteiger partial charge is 0.478 e. The highest BCUT2D eigenvalue weighted by Gasteiger charge is 2.11. The highest BCUT2D eigenvalue weighted by atomic mass is 16.4. The van der Waals surface area contributed by atoms with Gasteiger partial charge in [-0.3, -0.25) is 4.79 Å². The number of carboxylic acids is 1. The molecule has 0 saturated carbocycles. The molecular formula is C9H15NO3. The van der Waals surface area contributed by atoms with Crippen molar-refractivity contribution in [3.8, 4) is 0 Å². The minimum absolute atomic E-state index is 0.215. The van der Waals surface area contributed by atoms with E-state index in [0.29, 0.717) is 13.1 Å². The molecule has 1 amide bonds. The smallest absolute Gasteiger partial charge is 0.328 e. The van der Waals surface area contributed by atoms with Gasteiger partial charge in [0.25, 0.3) is 0 Å². The van der Waals surface area contributed by atoms with Crippen molar-refractivity contribution in [2.24, 2.45) is 0 Å². The Morgan fingerprint density at radius 3 is 2.08 bits per heavy atom. The first kappa shape index (κ1) is 11.7. The van der Waals surface area contributed by atoms with Crippen molar-refractivity contribution in [2.45, 2.75) is 20.8 Å². The minimum Gasteiger partial charge on any atom is -0.478 e. The molecule has 0 aromatic heterocycles. The molecule has 0 rings (SSSR count). The molecule has 0 aliphatic carbocycles. The second kappa shape index (κ2) is 5.35. The molecule has 0 heterocycles. The lowest BCUT2D eigenvalue weighted by Crippen LogP contribution is -2.31. The predicted molar refractivity (Wildman–Crippen MR) is 49.3 cm³/mol. The zero-order valence-corrected chi connectivity index (χ0v) is 8.20. The van der Waals surface area contributed by atoms with Gasteiger partial charge < -0.3 is 10.0 Å². The van der Waals surface area contributed by atoms with Gasteiger partial charge in [0.2, 0.25) is 5.91 Å². The first-order chi connectivity index (χ1) is 6.02. The van der Waals surface area contributed by atoms with Crippen LogP contribution in [0.5, 0.6) is 0 Å². The Kier molecular flexibility index (Phi) is 4.80. The normalized spacial score (nSPS) is 11.2. The van der Waals surface area contributed by atoms with Gasteiger partial charge in [0.15, 0.2) is 0 Å². The number of hydrogen-bond donors (Lipinski definition) is 1. The van der Waals surface area contributed by atoms with E-state index in [1.54, 1.807) is 4.90 Å². The van der Waals surface area contributed by atoms with E-state index in [1.807, 2.05) is 13.8 Å². The van der Waals surface area contributed by atoms with Crippen molar-refractivity contribution in [3.63, 3.8) is 0 Å². The van der Waals surface area contributed by atoms with E-state index in [2.05, 4.69) is 0 Å². The zero-order chi connectivity index (χ0) is 10.4. The van der Waals surface area contributed by atoms with Crippen molar-refractivity contribution >= 4 is 11.9 Å². The summed E-state index contributed by atoms with van der Waals surface area (Å²) in [5, 5.41) is 8.41. The highest BCUT2D eigenvalue weighted by Crippen LogP contribution is 2.00. The Morgan fingerprint density at radius 1 is 1.31 bits per heavy atom. The summed E-state index contributed by atoms with van der Waals surface area (Å²) in [5.74, 6) is -1.30. The molecule has 74 valence electrons. The fourth-order valence-electron chi connectivity index (χ4n) is 1.01. The van der Waals surface area contributed by atoms with Gasteiger partial charge in [-0.1, -0.05) is 0 Å². The van der Waals surface area contributed by atoms with Crippen LogP contribution < -0.4 is 0 Å². The lowest BCUT2D eigenvalue weighted by molar-refractivity contribution is -0.132. The fraction of sp³-hybridized carbons (Fsp3) is 0.556. The first-order valence-electron chi connectivity index (χ1n) is 4.23. The van der Waals surface area contributed by atoms with Crippen LogP contribution in [0.25, 0.3) is 0 Å². The molecular weight excluding hydrogens is 170 g/mol. The molecule has 0 aromatic rings. The summed E-state index contributed by atoms with van der Waals surface area (Å²) in [4.78, 5) is 23.3. The fourth-order valence-corrected chi connectivity index (χ4v) is 1.01. The molecule has 1 N–H and O–H groups in total. The second-order valence-electron chi connectivity index (χ2n) is 2.64. The maximum Gasteiger partial charge on any atom is 0.328 e. The predicted octanol–water partition coefficient (Wildman–Crippen LogP) is 0.886. The van der Waals surface area contributed by atoms with E-state index in [0.717, 1.165) is 6.08 Å². The van der Waals surface area contributed by atoms with Crippen LogP contribution >= 0.6 is 0 Å². The number of rotatable bonds is 4. The lowest BCUT2D eigenvalue weighted by Gasteiger charge is -2.18. The van der Waals surface area contributed by atoms with Crippen LogP contribution in [0.1, 0.15) is 20.8 Å². The Bertz CT molecular complexity index is 229. The molecule has 0 fully saturated rings. The quantitative estimate of drug-likeness (QED) is 0.661. The third-order valence-electron chi connectivity index (χ3n) is 1.73. The number of hydrogen-bond acceptors (Lipinski definition) is 2. The van der Waals surface area contributed by atoms with Crippen molar-refractivity contribution in [1.82, 2.24) is 4.90 Å². The van der Waals surface area contributed by atoms with E-state index in [4.69, 9.17) is 5.11 Å². The number of carboxylic acid groups (broad SMARTS) is 1. The number of carbonyl (C=O) groups is 2. The molecule has 0 aliphatic rings. The number of amides is 1. The lowest BCUT2D eigenvalue weighted by atomic mass is 10.2. The van der Waals surface area contributed by atoms with E-state index >= 15 is 0 Å². The standard InChI is InChI=1S/C9H15NO3/c1-4-10(5-2)9(13)7(3)6-8(11)12/h6H,4-5H2,1-3H3,(H,11,12)/b7-6+. The number of aliphatic carboxylic acids is 1. The molecule has 0 spiro atoms. The second-order valence-corrected chi connectivity index (χ2v) is 2.64. The SMILES string of the molecule is CCN(CC)C(=O)/C(C)=C/C(=O)O. The maximum atomic E-state index is 11.4. The number of likely N-dealkylation sites (N-methyl/N-ethyl adjacent to an activating group) is 1. The van der Waals surface area contributed by atoms with Gasteiger partial charge in [-0.15, -0.1) is 0 Å². The van der Waals surface area contributed by atoms with Crippen LogP contribution in [-0.4, -0.2) is 35.0 Å². The van der Waals surface area contributed by atoms with Crippen LogP contribution in [-0.2, 0) is 9.59 Å². The van der Waals surface area contributed by atoms with E-state index < -0.39 is 5.97 Å². The number of nitrogens with zero attached hydrogens (tertiary/aromatic N) is 1. The summed E-state index contributed by atoms with van der Waals surface area (Å²) in [6.07, 6.45) is 0.931. The summed E-state index contributed by atoms with van der Waals surface area (Å²) in [5.41, 5.74) is 0.260. The third kappa shape index (κ3) is 3.73. The van der Waals surface area contributed by atoms with E-state index in [9.17, 15) is 9.59 Å². The molecule has 0 unspecified atom stereocenters. The summed E-state index contributed by atoms with van der Waals surface area (Å²) >= 11 is 0. The van der Waals surface area contributed by atoms with Crippen molar-refractivity contribution < 1.29 is 14.7 Å². The van der Waals surface area contributed by atoms with Crippen LogP contribution in [0.4, 0.5) is 0 Å². The Morgan fingerprint density at radius 2 is 1.77 bits per heavy atom. The molecule has 0 saturated heterocycles. The Balaban J connectivity index is 4.49. The monoisotopic (exact) mass is 185 g/mol. The number of carbonyl (C=O) groups excluding carboxylic acids is 1. The van der Waals surface area contributed by atoms with Crippen LogP contribution in [0, 0.1) is 0 Å². The molecule has 0 aliphatic heterocycles. The van der Waals surface area contributed by atoms with Gasteiger partial charge in [0.1, 0.15) is 0 Å². The van der Waals surface area contributed by atoms with Gasteiger partial charge in [0, 0.05) is 24.7 Å². The molecule has 0 aromatic carbocycles. The van der Waals surface area contributed by atoms with Crippen LogP contribution in [0.15, 0.2) is 11.6 Å². The summed E-state index contributed by atoms with van der Waals surface area (Å²) in [6.45, 7) is 6.42. The Labute approximate surface area is 77.8 Å². The molecule has 4 nitrogen and oxygen atoms in total. The maximum absolute atomic E-state index is 11.4. The summed E-state index contributed by atoms with van der Waals surface area (Å²) in [7, 11) is 0. The van der Waals surface area contributed by atoms with E-state index in [-0.39, 0.29) is 11.5 Å². The van der Waals surface area contributed by atoms with Crippen LogP contribution in [0.3, 0.4) is 0 Å². The first-order valence-corrected chi connectivity index (χ1v) is 4.23. The zero-order valence-electron chi connectivity index (χ0n) is 8.20. The summed E-state index contributed by atoms with van der Waals surface area (Å²) in [6, 6.07) is 0. The average molecular weight is 185 g/mol. The molecule has 0 bridgehead atoms.